The van der Waals surface area contributed by atoms with Crippen LogP contribution in [0.15, 0.2) is 21.3 Å². The number of carbonyl (C=O) groups excluding carboxylic acids is 1. The second-order valence-electron chi connectivity index (χ2n) is 4.64. The van der Waals surface area contributed by atoms with Crippen molar-refractivity contribution in [3.8, 4) is 0 Å². The fourth-order valence-corrected chi connectivity index (χ4v) is 1.88. The van der Waals surface area contributed by atoms with Gasteiger partial charge in [-0.05, 0) is 32.8 Å². The predicted molar refractivity (Wildman–Crippen MR) is 64.6 cm³/mol. The van der Waals surface area contributed by atoms with E-state index in [0.717, 1.165) is 24.2 Å². The van der Waals surface area contributed by atoms with Gasteiger partial charge in [-0.1, -0.05) is 5.16 Å². The van der Waals surface area contributed by atoms with Crippen molar-refractivity contribution < 1.29 is 13.7 Å². The first-order chi connectivity index (χ1) is 8.66. The van der Waals surface area contributed by atoms with Gasteiger partial charge < -0.3 is 14.3 Å². The number of nitrogens with one attached hydrogen (secondary N) is 1. The molecule has 0 aliphatic heterocycles. The summed E-state index contributed by atoms with van der Waals surface area (Å²) in [4.78, 5) is 12.1. The molecule has 0 unspecified atom stereocenters. The van der Waals surface area contributed by atoms with Crippen LogP contribution in [0.3, 0.4) is 0 Å². The van der Waals surface area contributed by atoms with Crippen LogP contribution >= 0.6 is 0 Å². The molecule has 1 aliphatic carbocycles. The average molecular weight is 246 g/mol. The number of carbonyl (C=O) groups is 1. The topological polar surface area (TPSA) is 68.3 Å². The number of nitrogens with zero attached hydrogens (tertiary/aromatic N) is 1. The van der Waals surface area contributed by atoms with E-state index in [2.05, 4.69) is 10.5 Å². The quantitative estimate of drug-likeness (QED) is 0.903. The van der Waals surface area contributed by atoms with Crippen LogP contribution in [-0.2, 0) is 0 Å². The van der Waals surface area contributed by atoms with Crippen LogP contribution in [-0.4, -0.2) is 11.1 Å². The molecule has 3 rings (SSSR count). The largest absolute Gasteiger partial charge is 0.468 e. The van der Waals surface area contributed by atoms with Crippen molar-refractivity contribution in [2.24, 2.45) is 0 Å². The highest BCUT2D eigenvalue weighted by molar-refractivity contribution is 6.05. The Balaban J connectivity index is 1.82. The van der Waals surface area contributed by atoms with E-state index >= 15 is 0 Å². The molecule has 1 fully saturated rings. The number of aryl methyl sites for hydroxylation is 1. The fraction of sp³-hybridized carbons (Fsp3) is 0.385. The first-order valence-corrected chi connectivity index (χ1v) is 5.98. The molecule has 1 saturated carbocycles. The van der Waals surface area contributed by atoms with E-state index in [-0.39, 0.29) is 5.91 Å². The monoisotopic (exact) mass is 246 g/mol. The zero-order valence-corrected chi connectivity index (χ0v) is 10.3. The van der Waals surface area contributed by atoms with Gasteiger partial charge >= 0.3 is 0 Å². The maximum Gasteiger partial charge on any atom is 0.260 e. The number of rotatable bonds is 3. The highest BCUT2D eigenvalue weighted by Crippen LogP contribution is 2.42. The molecule has 0 atom stereocenters. The van der Waals surface area contributed by atoms with Gasteiger partial charge in [-0.25, -0.2) is 0 Å². The Hall–Kier alpha value is -2.04. The number of hydrogen-bond acceptors (Lipinski definition) is 4. The van der Waals surface area contributed by atoms with Gasteiger partial charge in [-0.3, -0.25) is 4.79 Å². The van der Waals surface area contributed by atoms with Crippen LogP contribution in [0.4, 0.5) is 5.82 Å². The summed E-state index contributed by atoms with van der Waals surface area (Å²) >= 11 is 0. The van der Waals surface area contributed by atoms with E-state index < -0.39 is 0 Å². The Labute approximate surface area is 104 Å². The fourth-order valence-electron chi connectivity index (χ4n) is 1.88. The summed E-state index contributed by atoms with van der Waals surface area (Å²) in [5, 5.41) is 6.57. The van der Waals surface area contributed by atoms with Crippen molar-refractivity contribution in [2.45, 2.75) is 32.6 Å². The molecule has 2 aromatic heterocycles. The molecule has 0 radical (unpaired) electrons. The first-order valence-electron chi connectivity index (χ1n) is 5.98. The zero-order chi connectivity index (χ0) is 12.7. The summed E-state index contributed by atoms with van der Waals surface area (Å²) in [6.07, 6.45) is 3.75. The molecule has 0 spiro atoms. The zero-order valence-electron chi connectivity index (χ0n) is 10.3. The molecule has 0 bridgehead atoms. The van der Waals surface area contributed by atoms with Crippen molar-refractivity contribution in [1.29, 1.82) is 0 Å². The van der Waals surface area contributed by atoms with Crippen molar-refractivity contribution in [3.63, 3.8) is 0 Å². The van der Waals surface area contributed by atoms with Gasteiger partial charge in [0.25, 0.3) is 5.91 Å². The van der Waals surface area contributed by atoms with Crippen LogP contribution in [0.5, 0.6) is 0 Å². The van der Waals surface area contributed by atoms with Crippen molar-refractivity contribution in [3.05, 3.63) is 35.0 Å². The van der Waals surface area contributed by atoms with E-state index in [1.807, 2.05) is 13.8 Å². The minimum Gasteiger partial charge on any atom is -0.468 e. The van der Waals surface area contributed by atoms with Crippen LogP contribution < -0.4 is 5.32 Å². The molecule has 0 aromatic carbocycles. The van der Waals surface area contributed by atoms with Gasteiger partial charge in [-0.2, -0.15) is 0 Å². The van der Waals surface area contributed by atoms with E-state index in [9.17, 15) is 4.79 Å². The lowest BCUT2D eigenvalue weighted by molar-refractivity contribution is 0.102. The third kappa shape index (κ3) is 1.81. The van der Waals surface area contributed by atoms with Gasteiger partial charge in [0, 0.05) is 11.5 Å². The summed E-state index contributed by atoms with van der Waals surface area (Å²) < 4.78 is 10.4. The normalized spacial score (nSPS) is 14.8. The minimum absolute atomic E-state index is 0.193. The number of anilines is 1. The maximum absolute atomic E-state index is 12.1. The maximum atomic E-state index is 12.1. The summed E-state index contributed by atoms with van der Waals surface area (Å²) in [6, 6.07) is 1.70. The van der Waals surface area contributed by atoms with Crippen LogP contribution in [0.25, 0.3) is 0 Å². The molecule has 2 aromatic rings. The highest BCUT2D eigenvalue weighted by Gasteiger charge is 2.31. The molecule has 1 amide bonds. The molecule has 5 heteroatoms. The molecule has 0 saturated heterocycles. The minimum atomic E-state index is -0.193. The molecule has 2 heterocycles. The second-order valence-corrected chi connectivity index (χ2v) is 4.64. The summed E-state index contributed by atoms with van der Waals surface area (Å²) in [7, 11) is 0. The van der Waals surface area contributed by atoms with Gasteiger partial charge in [-0.15, -0.1) is 0 Å². The van der Waals surface area contributed by atoms with Crippen molar-refractivity contribution in [1.82, 2.24) is 5.16 Å². The van der Waals surface area contributed by atoms with Gasteiger partial charge in [0.2, 0.25) is 0 Å². The Morgan fingerprint density at radius 1 is 1.44 bits per heavy atom. The van der Waals surface area contributed by atoms with Crippen LogP contribution in [0.2, 0.25) is 0 Å². The second kappa shape index (κ2) is 4.01. The molecule has 94 valence electrons. The smallest absolute Gasteiger partial charge is 0.260 e. The van der Waals surface area contributed by atoms with Gasteiger partial charge in [0.15, 0.2) is 5.82 Å². The number of furan rings is 1. The van der Waals surface area contributed by atoms with Crippen molar-refractivity contribution in [2.75, 3.05) is 5.32 Å². The van der Waals surface area contributed by atoms with Crippen molar-refractivity contribution >= 4 is 11.7 Å². The Morgan fingerprint density at radius 3 is 2.83 bits per heavy atom. The lowest BCUT2D eigenvalue weighted by Crippen LogP contribution is -2.13. The third-order valence-corrected chi connectivity index (χ3v) is 3.28. The number of aromatic nitrogens is 1. The standard InChI is InChI=1S/C13H14N2O3/c1-7-8(2)18-15-12(7)14-13(16)10-5-6-17-11(10)9-3-4-9/h5-6,9H,3-4H2,1-2H3,(H,14,15,16). The van der Waals surface area contributed by atoms with Gasteiger partial charge in [0.05, 0.1) is 11.8 Å². The number of amides is 1. The van der Waals surface area contributed by atoms with Gasteiger partial charge in [0.1, 0.15) is 11.5 Å². The first kappa shape index (κ1) is 11.1. The number of hydrogen-bond donors (Lipinski definition) is 1. The van der Waals surface area contributed by atoms with E-state index in [0.29, 0.717) is 23.1 Å². The van der Waals surface area contributed by atoms with E-state index in [1.54, 1.807) is 12.3 Å². The highest BCUT2D eigenvalue weighted by atomic mass is 16.5. The molecule has 1 N–H and O–H groups in total. The summed E-state index contributed by atoms with van der Waals surface area (Å²) in [5.41, 5.74) is 1.44. The third-order valence-electron chi connectivity index (χ3n) is 3.28. The molecule has 18 heavy (non-hydrogen) atoms. The molecule has 1 aliphatic rings. The summed E-state index contributed by atoms with van der Waals surface area (Å²) in [5.74, 6) is 2.17. The van der Waals surface area contributed by atoms with Crippen LogP contribution in [0.1, 0.15) is 46.2 Å². The lowest BCUT2D eigenvalue weighted by Gasteiger charge is -2.02. The Morgan fingerprint density at radius 2 is 2.22 bits per heavy atom. The van der Waals surface area contributed by atoms with Crippen LogP contribution in [0, 0.1) is 13.8 Å². The average Bonchev–Trinajstić information content (AvgIpc) is 3.01. The van der Waals surface area contributed by atoms with E-state index in [4.69, 9.17) is 8.94 Å². The summed E-state index contributed by atoms with van der Waals surface area (Å²) in [6.45, 7) is 3.67. The predicted octanol–water partition coefficient (Wildman–Crippen LogP) is 3.01. The Bertz CT molecular complexity index is 593. The van der Waals surface area contributed by atoms with E-state index in [1.165, 1.54) is 0 Å². The molecular weight excluding hydrogens is 232 g/mol. The lowest BCUT2D eigenvalue weighted by atomic mass is 10.1. The Kier molecular flexibility index (Phi) is 2.47. The molecule has 5 nitrogen and oxygen atoms in total. The molecular formula is C13H14N2O3. The SMILES string of the molecule is Cc1onc(NC(=O)c2ccoc2C2CC2)c1C.